The predicted molar refractivity (Wildman–Crippen MR) is 74.2 cm³/mol. The van der Waals surface area contributed by atoms with E-state index in [4.69, 9.17) is 17.0 Å². The molecule has 0 aromatic heterocycles. The predicted octanol–water partition coefficient (Wildman–Crippen LogP) is 2.16. The minimum absolute atomic E-state index is 0.618. The highest BCUT2D eigenvalue weighted by molar-refractivity contribution is 7.80. The summed E-state index contributed by atoms with van der Waals surface area (Å²) in [5.41, 5.74) is 0. The molecule has 1 saturated carbocycles. The molecule has 0 radical (unpaired) electrons. The molecule has 98 valence electrons. The van der Waals surface area contributed by atoms with Crippen LogP contribution in [0.25, 0.3) is 0 Å². The van der Waals surface area contributed by atoms with E-state index in [2.05, 4.69) is 17.3 Å². The molecule has 0 aromatic carbocycles. The summed E-state index contributed by atoms with van der Waals surface area (Å²) < 4.78 is 5.51. The molecule has 1 aliphatic carbocycles. The number of rotatable bonds is 3. The molecule has 4 heteroatoms. The van der Waals surface area contributed by atoms with Gasteiger partial charge in [-0.15, -0.1) is 0 Å². The van der Waals surface area contributed by atoms with E-state index in [1.807, 2.05) is 0 Å². The number of ether oxygens (including phenoxy) is 1. The highest BCUT2D eigenvalue weighted by Gasteiger charge is 2.20. The molecule has 2 rings (SSSR count). The van der Waals surface area contributed by atoms with Crippen LogP contribution in [0.4, 0.5) is 0 Å². The Bertz CT molecular complexity index is 248. The van der Waals surface area contributed by atoms with Crippen molar-refractivity contribution < 1.29 is 4.74 Å². The first kappa shape index (κ1) is 13.1. The lowest BCUT2D eigenvalue weighted by molar-refractivity contribution is 0.0484. The first-order valence-corrected chi connectivity index (χ1v) is 7.26. The fourth-order valence-electron chi connectivity index (χ4n) is 2.78. The van der Waals surface area contributed by atoms with Crippen LogP contribution < -0.4 is 5.32 Å². The van der Waals surface area contributed by atoms with Crippen molar-refractivity contribution in [2.24, 2.45) is 5.92 Å². The third-order valence-electron chi connectivity index (χ3n) is 3.82. The van der Waals surface area contributed by atoms with Crippen LogP contribution in [-0.2, 0) is 4.74 Å². The minimum Gasteiger partial charge on any atom is -0.381 e. The normalized spacial score (nSPS) is 25.8. The average molecular weight is 256 g/mol. The van der Waals surface area contributed by atoms with Crippen LogP contribution in [-0.4, -0.2) is 42.9 Å². The Balaban J connectivity index is 1.70. The summed E-state index contributed by atoms with van der Waals surface area (Å²) in [5, 5.41) is 4.40. The molecule has 1 saturated heterocycles. The molecule has 2 aliphatic rings. The number of hydrogen-bond acceptors (Lipinski definition) is 2. The largest absolute Gasteiger partial charge is 0.381 e. The molecule has 17 heavy (non-hydrogen) atoms. The third-order valence-corrected chi connectivity index (χ3v) is 4.25. The molecule has 0 spiro atoms. The van der Waals surface area contributed by atoms with E-state index in [1.54, 1.807) is 0 Å². The van der Waals surface area contributed by atoms with Gasteiger partial charge in [0.25, 0.3) is 0 Å². The van der Waals surface area contributed by atoms with Gasteiger partial charge in [0.05, 0.1) is 6.61 Å². The molecule has 2 fully saturated rings. The molecular weight excluding hydrogens is 232 g/mol. The number of nitrogens with one attached hydrogen (secondary N) is 1. The van der Waals surface area contributed by atoms with Crippen LogP contribution in [0.2, 0.25) is 0 Å². The Kier molecular flexibility index (Phi) is 5.04. The highest BCUT2D eigenvalue weighted by Crippen LogP contribution is 2.18. The zero-order valence-corrected chi connectivity index (χ0v) is 11.6. The Morgan fingerprint density at radius 3 is 2.71 bits per heavy atom. The third kappa shape index (κ3) is 4.11. The first-order chi connectivity index (χ1) is 8.25. The van der Waals surface area contributed by atoms with Crippen LogP contribution in [0, 0.1) is 5.92 Å². The Morgan fingerprint density at radius 2 is 2.06 bits per heavy atom. The van der Waals surface area contributed by atoms with Gasteiger partial charge in [-0.25, -0.2) is 0 Å². The first-order valence-electron chi connectivity index (χ1n) is 6.85. The van der Waals surface area contributed by atoms with Crippen LogP contribution >= 0.6 is 12.2 Å². The Labute approximate surface area is 110 Å². The number of hydrogen-bond donors (Lipinski definition) is 1. The highest BCUT2D eigenvalue weighted by atomic mass is 32.1. The lowest BCUT2D eigenvalue weighted by Gasteiger charge is -2.30. The van der Waals surface area contributed by atoms with Crippen molar-refractivity contribution in [2.45, 2.75) is 44.6 Å². The average Bonchev–Trinajstić information content (AvgIpc) is 2.83. The fourth-order valence-corrected chi connectivity index (χ4v) is 3.02. The van der Waals surface area contributed by atoms with E-state index >= 15 is 0 Å². The van der Waals surface area contributed by atoms with E-state index < -0.39 is 0 Å². The van der Waals surface area contributed by atoms with Crippen molar-refractivity contribution in [2.75, 3.05) is 26.8 Å². The topological polar surface area (TPSA) is 24.5 Å². The van der Waals surface area contributed by atoms with Crippen LogP contribution in [0.3, 0.4) is 0 Å². The van der Waals surface area contributed by atoms with E-state index in [9.17, 15) is 0 Å². The number of nitrogens with zero attached hydrogens (tertiary/aromatic N) is 1. The zero-order valence-electron chi connectivity index (χ0n) is 10.8. The molecule has 0 amide bonds. The van der Waals surface area contributed by atoms with Gasteiger partial charge in [-0.05, 0) is 43.8 Å². The summed E-state index contributed by atoms with van der Waals surface area (Å²) in [4.78, 5) is 2.19. The van der Waals surface area contributed by atoms with Crippen LogP contribution in [0.5, 0.6) is 0 Å². The van der Waals surface area contributed by atoms with Gasteiger partial charge in [0, 0.05) is 26.2 Å². The molecular formula is C13H24N2OS. The maximum atomic E-state index is 5.51. The molecule has 1 atom stereocenters. The van der Waals surface area contributed by atoms with Crippen molar-refractivity contribution in [1.82, 2.24) is 10.2 Å². The molecule has 1 unspecified atom stereocenters. The van der Waals surface area contributed by atoms with Gasteiger partial charge in [-0.3, -0.25) is 0 Å². The van der Waals surface area contributed by atoms with Crippen molar-refractivity contribution >= 4 is 17.3 Å². The molecule has 1 aliphatic heterocycles. The molecule has 1 heterocycles. The minimum atomic E-state index is 0.618. The van der Waals surface area contributed by atoms with E-state index in [-0.39, 0.29) is 0 Å². The van der Waals surface area contributed by atoms with Crippen molar-refractivity contribution in [3.8, 4) is 0 Å². The van der Waals surface area contributed by atoms with Gasteiger partial charge >= 0.3 is 0 Å². The Morgan fingerprint density at radius 1 is 1.29 bits per heavy atom. The Hall–Kier alpha value is -0.350. The van der Waals surface area contributed by atoms with E-state index in [0.717, 1.165) is 24.9 Å². The summed E-state index contributed by atoms with van der Waals surface area (Å²) in [6.07, 6.45) is 7.72. The van der Waals surface area contributed by atoms with Crippen molar-refractivity contribution in [3.63, 3.8) is 0 Å². The van der Waals surface area contributed by atoms with Gasteiger partial charge in [0.1, 0.15) is 0 Å². The molecule has 3 nitrogen and oxygen atoms in total. The maximum absolute atomic E-state index is 5.51. The molecule has 0 aromatic rings. The standard InChI is InChI=1S/C13H24N2OS/c1-15(9-11-5-4-8-16-10-11)13(17)14-12-6-2-3-7-12/h11-12H,2-10H2,1H3,(H,14,17). The lowest BCUT2D eigenvalue weighted by Crippen LogP contribution is -2.44. The van der Waals surface area contributed by atoms with Gasteiger partial charge in [-0.1, -0.05) is 12.8 Å². The fraction of sp³-hybridized carbons (Fsp3) is 0.923. The lowest BCUT2D eigenvalue weighted by atomic mass is 10.0. The molecule has 0 bridgehead atoms. The quantitative estimate of drug-likeness (QED) is 0.782. The summed E-state index contributed by atoms with van der Waals surface area (Å²) in [7, 11) is 2.10. The zero-order chi connectivity index (χ0) is 12.1. The van der Waals surface area contributed by atoms with E-state index in [0.29, 0.717) is 12.0 Å². The second-order valence-corrected chi connectivity index (χ2v) is 5.78. The smallest absolute Gasteiger partial charge is 0.168 e. The summed E-state index contributed by atoms with van der Waals surface area (Å²) in [6, 6.07) is 0.618. The van der Waals surface area contributed by atoms with Crippen LogP contribution in [0.15, 0.2) is 0 Å². The van der Waals surface area contributed by atoms with Crippen LogP contribution in [0.1, 0.15) is 38.5 Å². The number of thiocarbonyl (C=S) groups is 1. The van der Waals surface area contributed by atoms with E-state index in [1.165, 1.54) is 38.5 Å². The molecule has 1 N–H and O–H groups in total. The summed E-state index contributed by atoms with van der Waals surface area (Å²) >= 11 is 5.46. The van der Waals surface area contributed by atoms with Gasteiger partial charge in [0.2, 0.25) is 0 Å². The second kappa shape index (κ2) is 6.55. The van der Waals surface area contributed by atoms with Gasteiger partial charge in [0.15, 0.2) is 5.11 Å². The summed E-state index contributed by atoms with van der Waals surface area (Å²) in [5.74, 6) is 0.650. The van der Waals surface area contributed by atoms with Crippen molar-refractivity contribution in [1.29, 1.82) is 0 Å². The van der Waals surface area contributed by atoms with Gasteiger partial charge in [-0.2, -0.15) is 0 Å². The maximum Gasteiger partial charge on any atom is 0.168 e. The second-order valence-electron chi connectivity index (χ2n) is 5.39. The summed E-state index contributed by atoms with van der Waals surface area (Å²) in [6.45, 7) is 2.86. The van der Waals surface area contributed by atoms with Crippen molar-refractivity contribution in [3.05, 3.63) is 0 Å². The SMILES string of the molecule is CN(CC1CCCOC1)C(=S)NC1CCCC1. The van der Waals surface area contributed by atoms with Gasteiger partial charge < -0.3 is 15.0 Å². The monoisotopic (exact) mass is 256 g/mol.